The molecular weight excluding hydrogens is 224 g/mol. The van der Waals surface area contributed by atoms with Crippen LogP contribution in [-0.4, -0.2) is 31.7 Å². The van der Waals surface area contributed by atoms with E-state index in [1.807, 2.05) is 18.2 Å². The molecule has 0 fully saturated rings. The molecule has 0 aliphatic carbocycles. The summed E-state index contributed by atoms with van der Waals surface area (Å²) in [5.74, 6) is 0.626. The summed E-state index contributed by atoms with van der Waals surface area (Å²) in [6.45, 7) is 8.00. The van der Waals surface area contributed by atoms with E-state index in [4.69, 9.17) is 10.00 Å². The average molecular weight is 246 g/mol. The van der Waals surface area contributed by atoms with Gasteiger partial charge in [0.1, 0.15) is 0 Å². The Morgan fingerprint density at radius 3 is 2.78 bits per heavy atom. The number of nitriles is 1. The highest BCUT2D eigenvalue weighted by atomic mass is 16.5. The molecule has 0 aromatic heterocycles. The standard InChI is InChI=1S/C15H22N2O/c1-13(2)11-17(7-8-18-3)12-15-6-4-5-14(9-15)10-16/h4-6,9,13H,7-8,11-12H2,1-3H3. The van der Waals surface area contributed by atoms with Crippen LogP contribution in [0.3, 0.4) is 0 Å². The molecule has 0 radical (unpaired) electrons. The number of benzene rings is 1. The zero-order valence-electron chi connectivity index (χ0n) is 11.5. The lowest BCUT2D eigenvalue weighted by atomic mass is 10.1. The highest BCUT2D eigenvalue weighted by Crippen LogP contribution is 2.09. The summed E-state index contributed by atoms with van der Waals surface area (Å²) in [5, 5.41) is 8.90. The van der Waals surface area contributed by atoms with Gasteiger partial charge < -0.3 is 4.74 Å². The van der Waals surface area contributed by atoms with Gasteiger partial charge in [-0.2, -0.15) is 5.26 Å². The van der Waals surface area contributed by atoms with Crippen molar-refractivity contribution in [3.8, 4) is 6.07 Å². The third kappa shape index (κ3) is 5.31. The molecule has 0 unspecified atom stereocenters. The summed E-state index contributed by atoms with van der Waals surface area (Å²) < 4.78 is 5.14. The molecule has 0 N–H and O–H groups in total. The Balaban J connectivity index is 2.65. The Morgan fingerprint density at radius 1 is 1.39 bits per heavy atom. The third-order valence-corrected chi connectivity index (χ3v) is 2.70. The van der Waals surface area contributed by atoms with Crippen LogP contribution in [0.5, 0.6) is 0 Å². The average Bonchev–Trinajstić information content (AvgIpc) is 2.35. The zero-order valence-corrected chi connectivity index (χ0v) is 11.5. The molecule has 3 nitrogen and oxygen atoms in total. The molecule has 1 aromatic rings. The highest BCUT2D eigenvalue weighted by molar-refractivity contribution is 5.32. The topological polar surface area (TPSA) is 36.3 Å². The number of ether oxygens (including phenoxy) is 1. The van der Waals surface area contributed by atoms with Crippen molar-refractivity contribution in [3.63, 3.8) is 0 Å². The smallest absolute Gasteiger partial charge is 0.0991 e. The number of nitrogens with zero attached hydrogens (tertiary/aromatic N) is 2. The quantitative estimate of drug-likeness (QED) is 0.742. The summed E-state index contributed by atoms with van der Waals surface area (Å²) >= 11 is 0. The molecule has 0 saturated carbocycles. The summed E-state index contributed by atoms with van der Waals surface area (Å²) in [7, 11) is 1.73. The molecule has 0 spiro atoms. The number of rotatable bonds is 7. The van der Waals surface area contributed by atoms with E-state index in [1.165, 1.54) is 5.56 Å². The van der Waals surface area contributed by atoms with Crippen LogP contribution in [0.2, 0.25) is 0 Å². The van der Waals surface area contributed by atoms with E-state index < -0.39 is 0 Å². The van der Waals surface area contributed by atoms with Crippen LogP contribution >= 0.6 is 0 Å². The Kier molecular flexibility index (Phi) is 6.42. The monoisotopic (exact) mass is 246 g/mol. The molecule has 0 heterocycles. The molecule has 98 valence electrons. The van der Waals surface area contributed by atoms with E-state index in [9.17, 15) is 0 Å². The third-order valence-electron chi connectivity index (χ3n) is 2.70. The second-order valence-electron chi connectivity index (χ2n) is 4.93. The molecule has 0 amide bonds. The minimum atomic E-state index is 0.626. The molecular formula is C15H22N2O. The van der Waals surface area contributed by atoms with Gasteiger partial charge in [-0.15, -0.1) is 0 Å². The second kappa shape index (κ2) is 7.86. The minimum Gasteiger partial charge on any atom is -0.383 e. The minimum absolute atomic E-state index is 0.626. The fraction of sp³-hybridized carbons (Fsp3) is 0.533. The van der Waals surface area contributed by atoms with Gasteiger partial charge in [-0.25, -0.2) is 0 Å². The fourth-order valence-electron chi connectivity index (χ4n) is 1.97. The lowest BCUT2D eigenvalue weighted by Gasteiger charge is -2.24. The normalized spacial score (nSPS) is 10.9. The van der Waals surface area contributed by atoms with E-state index in [-0.39, 0.29) is 0 Å². The van der Waals surface area contributed by atoms with Crippen LogP contribution in [0.25, 0.3) is 0 Å². The second-order valence-corrected chi connectivity index (χ2v) is 4.93. The molecule has 0 aliphatic heterocycles. The maximum atomic E-state index is 8.90. The van der Waals surface area contributed by atoms with E-state index in [1.54, 1.807) is 7.11 Å². The molecule has 1 rings (SSSR count). The molecule has 1 aromatic carbocycles. The zero-order chi connectivity index (χ0) is 13.4. The van der Waals surface area contributed by atoms with Crippen molar-refractivity contribution in [1.82, 2.24) is 4.90 Å². The fourth-order valence-corrected chi connectivity index (χ4v) is 1.97. The molecule has 0 aliphatic rings. The van der Waals surface area contributed by atoms with Crippen LogP contribution in [0.4, 0.5) is 0 Å². The van der Waals surface area contributed by atoms with Crippen molar-refractivity contribution in [1.29, 1.82) is 5.26 Å². The maximum Gasteiger partial charge on any atom is 0.0991 e. The van der Waals surface area contributed by atoms with Gasteiger partial charge in [0.15, 0.2) is 0 Å². The van der Waals surface area contributed by atoms with E-state index in [0.717, 1.165) is 31.8 Å². The molecule has 0 saturated heterocycles. The summed E-state index contributed by atoms with van der Waals surface area (Å²) in [5.41, 5.74) is 1.91. The summed E-state index contributed by atoms with van der Waals surface area (Å²) in [6, 6.07) is 9.99. The molecule has 0 atom stereocenters. The van der Waals surface area contributed by atoms with Crippen LogP contribution < -0.4 is 0 Å². The van der Waals surface area contributed by atoms with Gasteiger partial charge in [-0.1, -0.05) is 26.0 Å². The first-order valence-corrected chi connectivity index (χ1v) is 6.36. The van der Waals surface area contributed by atoms with Gasteiger partial charge in [-0.3, -0.25) is 4.90 Å². The number of hydrogen-bond donors (Lipinski definition) is 0. The Morgan fingerprint density at radius 2 is 2.17 bits per heavy atom. The Bertz CT molecular complexity index is 396. The number of hydrogen-bond acceptors (Lipinski definition) is 3. The van der Waals surface area contributed by atoms with Crippen LogP contribution in [0.1, 0.15) is 25.0 Å². The summed E-state index contributed by atoms with van der Waals surface area (Å²) in [4.78, 5) is 2.37. The van der Waals surface area contributed by atoms with Crippen molar-refractivity contribution in [2.75, 3.05) is 26.8 Å². The molecule has 0 bridgehead atoms. The maximum absolute atomic E-state index is 8.90. The van der Waals surface area contributed by atoms with Crippen LogP contribution in [-0.2, 0) is 11.3 Å². The first-order valence-electron chi connectivity index (χ1n) is 6.36. The van der Waals surface area contributed by atoms with E-state index in [0.29, 0.717) is 5.92 Å². The van der Waals surface area contributed by atoms with Crippen molar-refractivity contribution >= 4 is 0 Å². The van der Waals surface area contributed by atoms with Gasteiger partial charge in [0, 0.05) is 26.7 Å². The highest BCUT2D eigenvalue weighted by Gasteiger charge is 2.08. The Hall–Kier alpha value is -1.37. The van der Waals surface area contributed by atoms with Gasteiger partial charge in [0.2, 0.25) is 0 Å². The van der Waals surface area contributed by atoms with E-state index >= 15 is 0 Å². The SMILES string of the molecule is COCCN(Cc1cccc(C#N)c1)CC(C)C. The first kappa shape index (κ1) is 14.7. The van der Waals surface area contributed by atoms with Gasteiger partial charge in [-0.05, 0) is 23.6 Å². The van der Waals surface area contributed by atoms with Gasteiger partial charge >= 0.3 is 0 Å². The Labute approximate surface area is 110 Å². The predicted octanol–water partition coefficient (Wildman–Crippen LogP) is 2.66. The molecule has 18 heavy (non-hydrogen) atoms. The van der Waals surface area contributed by atoms with Crippen LogP contribution in [0.15, 0.2) is 24.3 Å². The lowest BCUT2D eigenvalue weighted by molar-refractivity contribution is 0.136. The molecule has 3 heteroatoms. The largest absolute Gasteiger partial charge is 0.383 e. The van der Waals surface area contributed by atoms with Gasteiger partial charge in [0.05, 0.1) is 18.2 Å². The summed E-state index contributed by atoms with van der Waals surface area (Å²) in [6.07, 6.45) is 0. The van der Waals surface area contributed by atoms with Gasteiger partial charge in [0.25, 0.3) is 0 Å². The van der Waals surface area contributed by atoms with Crippen molar-refractivity contribution < 1.29 is 4.74 Å². The van der Waals surface area contributed by atoms with Crippen molar-refractivity contribution in [2.24, 2.45) is 5.92 Å². The first-order chi connectivity index (χ1) is 8.65. The van der Waals surface area contributed by atoms with Crippen molar-refractivity contribution in [3.05, 3.63) is 35.4 Å². The lowest BCUT2D eigenvalue weighted by Crippen LogP contribution is -2.30. The predicted molar refractivity (Wildman–Crippen MR) is 73.1 cm³/mol. The van der Waals surface area contributed by atoms with Crippen molar-refractivity contribution in [2.45, 2.75) is 20.4 Å². The number of methoxy groups -OCH3 is 1. The van der Waals surface area contributed by atoms with E-state index in [2.05, 4.69) is 30.9 Å². The van der Waals surface area contributed by atoms with Crippen LogP contribution in [0, 0.1) is 17.2 Å².